The number of fused-ring (bicyclic) bond motifs is 1. The number of benzene rings is 2. The monoisotopic (exact) mass is 473 g/mol. The van der Waals surface area contributed by atoms with Crippen molar-refractivity contribution in [2.45, 2.75) is 44.3 Å². The van der Waals surface area contributed by atoms with Crippen molar-refractivity contribution in [1.82, 2.24) is 9.88 Å². The van der Waals surface area contributed by atoms with E-state index in [4.69, 9.17) is 4.98 Å². The molecule has 172 valence electrons. The number of para-hydroxylation sites is 1. The fourth-order valence-electron chi connectivity index (χ4n) is 3.42. The van der Waals surface area contributed by atoms with Gasteiger partial charge in [0.15, 0.2) is 15.0 Å². The maximum absolute atomic E-state index is 13.3. The Labute approximate surface area is 194 Å². The van der Waals surface area contributed by atoms with Gasteiger partial charge in [0.05, 0.1) is 26.8 Å². The molecule has 0 bridgehead atoms. The van der Waals surface area contributed by atoms with Crippen molar-refractivity contribution in [3.63, 3.8) is 0 Å². The number of carbonyl (C=O) groups excluding carboxylic acids is 1. The second-order valence-corrected chi connectivity index (χ2v) is 11.5. The number of thiazole rings is 1. The number of hydrogen-bond donors (Lipinski definition) is 0. The Hall–Kier alpha value is -2.29. The van der Waals surface area contributed by atoms with E-state index in [1.807, 2.05) is 24.3 Å². The first-order valence-corrected chi connectivity index (χ1v) is 13.3. The molecule has 0 saturated heterocycles. The van der Waals surface area contributed by atoms with E-state index < -0.39 is 15.1 Å². The Morgan fingerprint density at radius 2 is 1.66 bits per heavy atom. The number of likely N-dealkylation sites (N-methyl/N-ethyl adjacent to an activating group) is 1. The molecule has 1 heterocycles. The highest BCUT2D eigenvalue weighted by Gasteiger charge is 2.22. The molecule has 0 unspecified atom stereocenters. The summed E-state index contributed by atoms with van der Waals surface area (Å²) in [5, 5.41) is 0.215. The van der Waals surface area contributed by atoms with E-state index in [2.05, 4.69) is 18.7 Å². The largest absolute Gasteiger partial charge is 0.302 e. The number of amides is 1. The predicted octanol–water partition coefficient (Wildman–Crippen LogP) is 4.40. The van der Waals surface area contributed by atoms with Crippen LogP contribution in [0.5, 0.6) is 0 Å². The van der Waals surface area contributed by atoms with Gasteiger partial charge in [-0.2, -0.15) is 0 Å². The molecule has 32 heavy (non-hydrogen) atoms. The number of aromatic nitrogens is 1. The third-order valence-electron chi connectivity index (χ3n) is 5.58. The highest BCUT2D eigenvalue weighted by molar-refractivity contribution is 7.92. The van der Waals surface area contributed by atoms with Gasteiger partial charge in [0.2, 0.25) is 5.91 Å². The van der Waals surface area contributed by atoms with Crippen LogP contribution in [0.25, 0.3) is 10.2 Å². The average molecular weight is 474 g/mol. The van der Waals surface area contributed by atoms with Crippen LogP contribution in [-0.4, -0.2) is 55.6 Å². The second kappa shape index (κ2) is 10.6. The zero-order valence-electron chi connectivity index (χ0n) is 19.1. The number of carbonyl (C=O) groups is 1. The van der Waals surface area contributed by atoms with E-state index in [-0.39, 0.29) is 17.2 Å². The van der Waals surface area contributed by atoms with Crippen molar-refractivity contribution in [2.75, 3.05) is 31.1 Å². The summed E-state index contributed by atoms with van der Waals surface area (Å²) in [6.45, 7) is 10.7. The lowest BCUT2D eigenvalue weighted by molar-refractivity contribution is -0.118. The summed E-state index contributed by atoms with van der Waals surface area (Å²) in [6, 6.07) is 14.5. The first kappa shape index (κ1) is 24.4. The maximum atomic E-state index is 13.3. The van der Waals surface area contributed by atoms with Crippen LogP contribution in [0.2, 0.25) is 0 Å². The van der Waals surface area contributed by atoms with Crippen LogP contribution in [0, 0.1) is 0 Å². The predicted molar refractivity (Wildman–Crippen MR) is 132 cm³/mol. The molecule has 0 aliphatic rings. The van der Waals surface area contributed by atoms with Gasteiger partial charge in [-0.3, -0.25) is 9.69 Å². The molecule has 2 aromatic carbocycles. The van der Waals surface area contributed by atoms with Crippen LogP contribution in [0.4, 0.5) is 5.13 Å². The molecule has 0 fully saturated rings. The molecule has 0 aliphatic heterocycles. The molecule has 0 radical (unpaired) electrons. The Bertz CT molecular complexity index is 1120. The molecule has 0 atom stereocenters. The molecular formula is C24H31N3O3S2. The van der Waals surface area contributed by atoms with Crippen LogP contribution in [0.3, 0.4) is 0 Å². The third-order valence-corrected chi connectivity index (χ3v) is 8.81. The number of sulfone groups is 1. The van der Waals surface area contributed by atoms with E-state index >= 15 is 0 Å². The lowest BCUT2D eigenvalue weighted by Gasteiger charge is -2.24. The first-order chi connectivity index (χ1) is 15.3. The number of hydrogen-bond acceptors (Lipinski definition) is 6. The summed E-state index contributed by atoms with van der Waals surface area (Å²) in [5.41, 5.74) is 1.67. The lowest BCUT2D eigenvalue weighted by atomic mass is 10.1. The summed E-state index contributed by atoms with van der Waals surface area (Å²) < 4.78 is 25.8. The number of nitrogens with zero attached hydrogens (tertiary/aromatic N) is 3. The second-order valence-electron chi connectivity index (χ2n) is 7.95. The van der Waals surface area contributed by atoms with Crippen molar-refractivity contribution in [3.05, 3.63) is 54.1 Å². The van der Waals surface area contributed by atoms with Crippen LogP contribution >= 0.6 is 11.3 Å². The molecule has 0 saturated carbocycles. The average Bonchev–Trinajstić information content (AvgIpc) is 3.20. The van der Waals surface area contributed by atoms with E-state index in [0.717, 1.165) is 35.4 Å². The van der Waals surface area contributed by atoms with Gasteiger partial charge in [0, 0.05) is 13.1 Å². The smallest absolute Gasteiger partial charge is 0.233 e. The van der Waals surface area contributed by atoms with Gasteiger partial charge in [0.1, 0.15) is 0 Å². The zero-order chi connectivity index (χ0) is 23.3. The Balaban J connectivity index is 1.83. The van der Waals surface area contributed by atoms with Crippen molar-refractivity contribution in [1.29, 1.82) is 0 Å². The highest BCUT2D eigenvalue weighted by Crippen LogP contribution is 2.29. The Morgan fingerprint density at radius 3 is 2.25 bits per heavy atom. The molecular weight excluding hydrogens is 442 g/mol. The molecule has 0 N–H and O–H groups in total. The van der Waals surface area contributed by atoms with Crippen molar-refractivity contribution < 1.29 is 13.2 Å². The van der Waals surface area contributed by atoms with E-state index in [1.165, 1.54) is 11.3 Å². The topological polar surface area (TPSA) is 70.6 Å². The van der Waals surface area contributed by atoms with Crippen LogP contribution in [0.1, 0.15) is 33.3 Å². The molecule has 3 aromatic rings. The van der Waals surface area contributed by atoms with Gasteiger partial charge in [0.25, 0.3) is 0 Å². The van der Waals surface area contributed by atoms with Crippen LogP contribution in [0.15, 0.2) is 53.4 Å². The third kappa shape index (κ3) is 5.54. The van der Waals surface area contributed by atoms with Gasteiger partial charge in [-0.15, -0.1) is 0 Å². The summed E-state index contributed by atoms with van der Waals surface area (Å²) in [7, 11) is -3.33. The summed E-state index contributed by atoms with van der Waals surface area (Å²) >= 11 is 1.52. The van der Waals surface area contributed by atoms with Gasteiger partial charge in [-0.05, 0) is 56.8 Å². The molecule has 1 amide bonds. The highest BCUT2D eigenvalue weighted by atomic mass is 32.2. The van der Waals surface area contributed by atoms with Gasteiger partial charge < -0.3 is 4.90 Å². The fraction of sp³-hybridized carbons (Fsp3) is 0.417. The normalized spacial score (nSPS) is 12.1. The Morgan fingerprint density at radius 1 is 1.00 bits per heavy atom. The van der Waals surface area contributed by atoms with Crippen molar-refractivity contribution >= 4 is 42.4 Å². The van der Waals surface area contributed by atoms with Gasteiger partial charge in [-0.25, -0.2) is 13.4 Å². The summed E-state index contributed by atoms with van der Waals surface area (Å²) in [4.78, 5) is 22.3. The van der Waals surface area contributed by atoms with Crippen molar-refractivity contribution in [2.24, 2.45) is 0 Å². The van der Waals surface area contributed by atoms with Crippen LogP contribution < -0.4 is 4.90 Å². The number of rotatable bonds is 10. The Kier molecular flexibility index (Phi) is 8.03. The summed E-state index contributed by atoms with van der Waals surface area (Å²) in [6.07, 6.45) is 0.191. The molecule has 6 nitrogen and oxygen atoms in total. The SMILES string of the molecule is CCN(CC)CCN(C(=O)Cc1ccc(S(=O)(=O)C(C)C)cc1)c1nc2ccccc2s1. The van der Waals surface area contributed by atoms with Gasteiger partial charge >= 0.3 is 0 Å². The molecule has 0 aliphatic carbocycles. The molecule has 3 rings (SSSR count). The van der Waals surface area contributed by atoms with Gasteiger partial charge in [-0.1, -0.05) is 49.4 Å². The van der Waals surface area contributed by atoms with Crippen molar-refractivity contribution in [3.8, 4) is 0 Å². The minimum absolute atomic E-state index is 0.0457. The quantitative estimate of drug-likeness (QED) is 0.437. The van der Waals surface area contributed by atoms with E-state index in [1.54, 1.807) is 43.0 Å². The summed E-state index contributed by atoms with van der Waals surface area (Å²) in [5.74, 6) is -0.0457. The number of anilines is 1. The molecule has 1 aromatic heterocycles. The van der Waals surface area contributed by atoms with E-state index in [0.29, 0.717) is 11.7 Å². The van der Waals surface area contributed by atoms with Crippen LogP contribution in [-0.2, 0) is 21.1 Å². The zero-order valence-corrected chi connectivity index (χ0v) is 20.7. The molecule has 8 heteroatoms. The fourth-order valence-corrected chi connectivity index (χ4v) is 5.49. The van der Waals surface area contributed by atoms with E-state index in [9.17, 15) is 13.2 Å². The minimum Gasteiger partial charge on any atom is -0.302 e. The first-order valence-electron chi connectivity index (χ1n) is 11.0. The lowest BCUT2D eigenvalue weighted by Crippen LogP contribution is -2.39. The molecule has 0 spiro atoms. The minimum atomic E-state index is -3.33. The maximum Gasteiger partial charge on any atom is 0.233 e. The standard InChI is InChI=1S/C24H31N3O3S2/c1-5-26(6-2)15-16-27(24-25-21-9-7-8-10-22(21)31-24)23(28)17-19-11-13-20(14-12-19)32(29,30)18(3)4/h7-14,18H,5-6,15-17H2,1-4H3.